The van der Waals surface area contributed by atoms with Crippen LogP contribution in [0.15, 0.2) is 12.3 Å². The second-order valence-corrected chi connectivity index (χ2v) is 4.83. The Morgan fingerprint density at radius 3 is 2.76 bits per heavy atom. The molecule has 0 aliphatic rings. The van der Waals surface area contributed by atoms with Gasteiger partial charge in [0.05, 0.1) is 5.60 Å². The number of likely N-dealkylation sites (N-methyl/N-ethyl adjacent to an activating group) is 1. The highest BCUT2D eigenvalue weighted by Gasteiger charge is 2.16. The van der Waals surface area contributed by atoms with Crippen LogP contribution in [0.25, 0.3) is 0 Å². The molecule has 0 aliphatic carbocycles. The summed E-state index contributed by atoms with van der Waals surface area (Å²) >= 11 is 0. The SMILES string of the molecule is CCCNc1nccc(N(C)CC(C)(C)O)n1. The quantitative estimate of drug-likeness (QED) is 0.786. The van der Waals surface area contributed by atoms with E-state index in [-0.39, 0.29) is 0 Å². The van der Waals surface area contributed by atoms with E-state index in [0.717, 1.165) is 18.8 Å². The van der Waals surface area contributed by atoms with Gasteiger partial charge in [-0.25, -0.2) is 4.98 Å². The van der Waals surface area contributed by atoms with Gasteiger partial charge in [0.15, 0.2) is 0 Å². The van der Waals surface area contributed by atoms with Crippen LogP contribution in [0.3, 0.4) is 0 Å². The fraction of sp³-hybridized carbons (Fsp3) is 0.667. The van der Waals surface area contributed by atoms with Gasteiger partial charge in [0.2, 0.25) is 5.95 Å². The van der Waals surface area contributed by atoms with Crippen LogP contribution >= 0.6 is 0 Å². The highest BCUT2D eigenvalue weighted by atomic mass is 16.3. The summed E-state index contributed by atoms with van der Waals surface area (Å²) in [6.07, 6.45) is 2.76. The van der Waals surface area contributed by atoms with Gasteiger partial charge in [-0.1, -0.05) is 6.92 Å². The first-order valence-electron chi connectivity index (χ1n) is 5.93. The number of hydrogen-bond donors (Lipinski definition) is 2. The molecule has 2 N–H and O–H groups in total. The number of anilines is 2. The van der Waals surface area contributed by atoms with Crippen LogP contribution in [-0.4, -0.2) is 40.8 Å². The summed E-state index contributed by atoms with van der Waals surface area (Å²) in [5.74, 6) is 1.44. The molecule has 0 spiro atoms. The third kappa shape index (κ3) is 4.99. The highest BCUT2D eigenvalue weighted by Crippen LogP contribution is 2.13. The van der Waals surface area contributed by atoms with Crippen LogP contribution in [0, 0.1) is 0 Å². The van der Waals surface area contributed by atoms with E-state index in [2.05, 4.69) is 22.2 Å². The van der Waals surface area contributed by atoms with E-state index in [1.165, 1.54) is 0 Å². The molecule has 5 nitrogen and oxygen atoms in total. The topological polar surface area (TPSA) is 61.3 Å². The van der Waals surface area contributed by atoms with Gasteiger partial charge < -0.3 is 15.3 Å². The highest BCUT2D eigenvalue weighted by molar-refractivity contribution is 5.41. The van der Waals surface area contributed by atoms with E-state index >= 15 is 0 Å². The summed E-state index contributed by atoms with van der Waals surface area (Å²) in [6, 6.07) is 1.84. The molecule has 1 heterocycles. The summed E-state index contributed by atoms with van der Waals surface area (Å²) in [7, 11) is 1.91. The normalized spacial score (nSPS) is 11.4. The van der Waals surface area contributed by atoms with Gasteiger partial charge in [-0.05, 0) is 26.3 Å². The average molecular weight is 238 g/mol. The molecule has 17 heavy (non-hydrogen) atoms. The maximum Gasteiger partial charge on any atom is 0.224 e. The van der Waals surface area contributed by atoms with Gasteiger partial charge in [0.25, 0.3) is 0 Å². The lowest BCUT2D eigenvalue weighted by atomic mass is 10.1. The van der Waals surface area contributed by atoms with Crippen LogP contribution in [0.5, 0.6) is 0 Å². The van der Waals surface area contributed by atoms with E-state index in [9.17, 15) is 5.11 Å². The van der Waals surface area contributed by atoms with Crippen molar-refractivity contribution in [2.75, 3.05) is 30.4 Å². The molecule has 0 unspecified atom stereocenters. The molecule has 1 aromatic heterocycles. The first-order chi connectivity index (χ1) is 7.92. The van der Waals surface area contributed by atoms with Gasteiger partial charge in [-0.15, -0.1) is 0 Å². The number of hydrogen-bond acceptors (Lipinski definition) is 5. The Bertz CT molecular complexity index is 349. The molecule has 0 saturated carbocycles. The third-order valence-corrected chi connectivity index (χ3v) is 2.19. The summed E-state index contributed by atoms with van der Waals surface area (Å²) < 4.78 is 0. The van der Waals surface area contributed by atoms with E-state index < -0.39 is 5.60 Å². The van der Waals surface area contributed by atoms with Crippen LogP contribution in [0.1, 0.15) is 27.2 Å². The first kappa shape index (κ1) is 13.7. The van der Waals surface area contributed by atoms with Crippen LogP contribution in [-0.2, 0) is 0 Å². The summed E-state index contributed by atoms with van der Waals surface area (Å²) in [6.45, 7) is 7.04. The average Bonchev–Trinajstić information content (AvgIpc) is 2.24. The molecule has 0 aromatic carbocycles. The largest absolute Gasteiger partial charge is 0.389 e. The Labute approximate surface area is 103 Å². The number of aromatic nitrogens is 2. The number of nitrogens with zero attached hydrogens (tertiary/aromatic N) is 3. The Morgan fingerprint density at radius 1 is 1.47 bits per heavy atom. The standard InChI is InChI=1S/C12H22N4O/c1-5-7-13-11-14-8-6-10(15-11)16(4)9-12(2,3)17/h6,8,17H,5,7,9H2,1-4H3,(H,13,14,15). The molecule has 0 atom stereocenters. The molecule has 0 amide bonds. The lowest BCUT2D eigenvalue weighted by Gasteiger charge is -2.26. The van der Waals surface area contributed by atoms with Gasteiger partial charge in [0.1, 0.15) is 5.82 Å². The van der Waals surface area contributed by atoms with E-state index in [4.69, 9.17) is 0 Å². The number of rotatable bonds is 6. The molecule has 0 saturated heterocycles. The first-order valence-corrected chi connectivity index (χ1v) is 5.93. The smallest absolute Gasteiger partial charge is 0.224 e. The molecule has 0 bridgehead atoms. The molecule has 1 aromatic rings. The molecule has 5 heteroatoms. The Balaban J connectivity index is 2.70. The Kier molecular flexibility index (Phi) is 4.69. The van der Waals surface area contributed by atoms with Crippen molar-refractivity contribution >= 4 is 11.8 Å². The summed E-state index contributed by atoms with van der Waals surface area (Å²) in [5.41, 5.74) is -0.739. The van der Waals surface area contributed by atoms with Crippen molar-refractivity contribution in [2.24, 2.45) is 0 Å². The van der Waals surface area contributed by atoms with Crippen molar-refractivity contribution < 1.29 is 5.11 Å². The minimum Gasteiger partial charge on any atom is -0.389 e. The second kappa shape index (κ2) is 5.82. The van der Waals surface area contributed by atoms with Crippen LogP contribution in [0.4, 0.5) is 11.8 Å². The Hall–Kier alpha value is -1.36. The minimum absolute atomic E-state index is 0.525. The van der Waals surface area contributed by atoms with Crippen molar-refractivity contribution in [3.63, 3.8) is 0 Å². The van der Waals surface area contributed by atoms with Gasteiger partial charge >= 0.3 is 0 Å². The van der Waals surface area contributed by atoms with E-state index in [1.807, 2.05) is 18.0 Å². The molecule has 0 fully saturated rings. The molecular weight excluding hydrogens is 216 g/mol. The van der Waals surface area contributed by atoms with Crippen LogP contribution < -0.4 is 10.2 Å². The van der Waals surface area contributed by atoms with Crippen molar-refractivity contribution in [3.05, 3.63) is 12.3 Å². The maximum atomic E-state index is 9.76. The van der Waals surface area contributed by atoms with E-state index in [1.54, 1.807) is 20.0 Å². The summed E-state index contributed by atoms with van der Waals surface area (Å²) in [4.78, 5) is 10.4. The monoisotopic (exact) mass is 238 g/mol. The number of aliphatic hydroxyl groups is 1. The predicted molar refractivity (Wildman–Crippen MR) is 70.4 cm³/mol. The maximum absolute atomic E-state index is 9.76. The Morgan fingerprint density at radius 2 is 2.18 bits per heavy atom. The zero-order valence-corrected chi connectivity index (χ0v) is 11.1. The fourth-order valence-corrected chi connectivity index (χ4v) is 1.55. The number of nitrogens with one attached hydrogen (secondary N) is 1. The van der Waals surface area contributed by atoms with Gasteiger partial charge in [-0.3, -0.25) is 0 Å². The summed E-state index contributed by atoms with van der Waals surface area (Å²) in [5, 5.41) is 12.9. The fourth-order valence-electron chi connectivity index (χ4n) is 1.55. The van der Waals surface area contributed by atoms with Crippen molar-refractivity contribution in [3.8, 4) is 0 Å². The molecular formula is C12H22N4O. The van der Waals surface area contributed by atoms with Gasteiger partial charge in [0, 0.05) is 26.3 Å². The predicted octanol–water partition coefficient (Wildman–Crippen LogP) is 1.51. The third-order valence-electron chi connectivity index (χ3n) is 2.19. The zero-order valence-electron chi connectivity index (χ0n) is 11.1. The molecule has 0 radical (unpaired) electrons. The lowest BCUT2D eigenvalue weighted by Crippen LogP contribution is -2.36. The van der Waals surface area contributed by atoms with Crippen molar-refractivity contribution in [1.82, 2.24) is 9.97 Å². The lowest BCUT2D eigenvalue weighted by molar-refractivity contribution is 0.0884. The molecule has 0 aliphatic heterocycles. The minimum atomic E-state index is -0.739. The van der Waals surface area contributed by atoms with Crippen LogP contribution in [0.2, 0.25) is 0 Å². The molecule has 1 rings (SSSR count). The molecule has 96 valence electrons. The van der Waals surface area contributed by atoms with Crippen molar-refractivity contribution in [2.45, 2.75) is 32.8 Å². The second-order valence-electron chi connectivity index (χ2n) is 4.83. The van der Waals surface area contributed by atoms with E-state index in [0.29, 0.717) is 12.5 Å². The van der Waals surface area contributed by atoms with Crippen molar-refractivity contribution in [1.29, 1.82) is 0 Å². The van der Waals surface area contributed by atoms with Gasteiger partial charge in [-0.2, -0.15) is 4.98 Å². The zero-order chi connectivity index (χ0) is 12.9.